The van der Waals surface area contributed by atoms with Crippen molar-refractivity contribution in [1.82, 2.24) is 0 Å². The Bertz CT molecular complexity index is 1040. The normalized spacial score (nSPS) is 19.0. The number of benzene rings is 2. The van der Waals surface area contributed by atoms with Crippen molar-refractivity contribution in [2.24, 2.45) is 5.92 Å². The lowest BCUT2D eigenvalue weighted by Crippen LogP contribution is -2.40. The second kappa shape index (κ2) is 9.56. The molecule has 1 fully saturated rings. The molecule has 3 atom stereocenters. The van der Waals surface area contributed by atoms with Gasteiger partial charge in [0.2, 0.25) is 0 Å². The van der Waals surface area contributed by atoms with Crippen molar-refractivity contribution in [2.45, 2.75) is 64.8 Å². The summed E-state index contributed by atoms with van der Waals surface area (Å²) in [6.07, 6.45) is -4.55. The minimum Gasteiger partial charge on any atom is -0.476 e. The van der Waals surface area contributed by atoms with Crippen LogP contribution >= 0.6 is 0 Å². The zero-order valence-electron chi connectivity index (χ0n) is 20.2. The molecule has 0 amide bonds. The van der Waals surface area contributed by atoms with Crippen LogP contribution in [0.1, 0.15) is 67.0 Å². The number of rotatable bonds is 8. The molecule has 0 aliphatic heterocycles. The first kappa shape index (κ1) is 26.0. The van der Waals surface area contributed by atoms with Gasteiger partial charge >= 0.3 is 12.1 Å². The van der Waals surface area contributed by atoms with E-state index in [4.69, 9.17) is 14.2 Å². The van der Waals surface area contributed by atoms with E-state index in [0.29, 0.717) is 18.2 Å². The average molecular weight is 483 g/mol. The van der Waals surface area contributed by atoms with Crippen molar-refractivity contribution in [2.75, 3.05) is 13.7 Å². The molecule has 2 aromatic rings. The van der Waals surface area contributed by atoms with Crippen LogP contribution in [0.15, 0.2) is 30.3 Å². The maximum atomic E-state index is 14.6. The van der Waals surface area contributed by atoms with Crippen molar-refractivity contribution in [1.29, 1.82) is 0 Å². The molecule has 34 heavy (non-hydrogen) atoms. The lowest BCUT2D eigenvalue weighted by molar-refractivity contribution is -0.158. The third-order valence-corrected chi connectivity index (χ3v) is 6.15. The van der Waals surface area contributed by atoms with Crippen LogP contribution in [0.3, 0.4) is 0 Å². The summed E-state index contributed by atoms with van der Waals surface area (Å²) in [5.74, 6) is -0.795. The van der Waals surface area contributed by atoms with Gasteiger partial charge in [-0.15, -0.1) is 0 Å². The summed E-state index contributed by atoms with van der Waals surface area (Å²) < 4.78 is 69.9. The third-order valence-electron chi connectivity index (χ3n) is 6.15. The van der Waals surface area contributed by atoms with Crippen molar-refractivity contribution in [3.05, 3.63) is 64.0 Å². The Balaban J connectivity index is 1.80. The van der Waals surface area contributed by atoms with Gasteiger partial charge in [-0.25, -0.2) is 9.18 Å². The van der Waals surface area contributed by atoms with Gasteiger partial charge < -0.3 is 14.2 Å². The van der Waals surface area contributed by atoms with Gasteiger partial charge in [0.05, 0.1) is 18.3 Å². The van der Waals surface area contributed by atoms with E-state index in [1.807, 2.05) is 26.0 Å². The zero-order valence-corrected chi connectivity index (χ0v) is 20.2. The highest BCUT2D eigenvalue weighted by atomic mass is 19.4. The number of esters is 1. The lowest BCUT2D eigenvalue weighted by Gasteiger charge is -2.26. The van der Waals surface area contributed by atoms with E-state index < -0.39 is 35.2 Å². The fourth-order valence-electron chi connectivity index (χ4n) is 4.36. The maximum Gasteiger partial charge on any atom is 0.416 e. The van der Waals surface area contributed by atoms with E-state index in [1.54, 1.807) is 20.8 Å². The van der Waals surface area contributed by atoms with Crippen molar-refractivity contribution in [3.8, 4) is 5.75 Å². The summed E-state index contributed by atoms with van der Waals surface area (Å²) in [5.41, 5.74) is 0.628. The summed E-state index contributed by atoms with van der Waals surface area (Å²) in [4.78, 5) is 12.2. The number of hydrogen-bond donors (Lipinski definition) is 0. The van der Waals surface area contributed by atoms with Crippen LogP contribution < -0.4 is 4.74 Å². The van der Waals surface area contributed by atoms with Gasteiger partial charge in [0.1, 0.15) is 11.6 Å². The summed E-state index contributed by atoms with van der Waals surface area (Å²) in [5, 5.41) is 0. The van der Waals surface area contributed by atoms with Crippen LogP contribution in [0, 0.1) is 25.6 Å². The third kappa shape index (κ3) is 5.37. The van der Waals surface area contributed by atoms with E-state index in [-0.39, 0.29) is 24.0 Å². The second-order valence-corrected chi connectivity index (χ2v) is 9.21. The van der Waals surface area contributed by atoms with E-state index in [1.165, 1.54) is 7.11 Å². The van der Waals surface area contributed by atoms with E-state index in [0.717, 1.165) is 28.8 Å². The number of methoxy groups -OCH3 is 1. The Labute approximate surface area is 197 Å². The second-order valence-electron chi connectivity index (χ2n) is 9.21. The molecule has 0 spiro atoms. The standard InChI is InChI=1S/C26H30F4O4/c1-7-33-24(31)25(4,5)34-22-14(2)10-16(11-15(22)3)19-13-20(19)23(32-6)18-9-8-17(12-21(18)27)26(28,29)30/h8-12,19-20,23H,7,13H2,1-6H3. The smallest absolute Gasteiger partial charge is 0.416 e. The minimum absolute atomic E-state index is 0.0659. The minimum atomic E-state index is -4.61. The molecular weight excluding hydrogens is 452 g/mol. The van der Waals surface area contributed by atoms with Crippen LogP contribution in [-0.2, 0) is 20.4 Å². The van der Waals surface area contributed by atoms with Crippen LogP contribution in [0.25, 0.3) is 0 Å². The number of carbonyl (C=O) groups is 1. The summed E-state index contributed by atoms with van der Waals surface area (Å²) in [6, 6.07) is 6.48. The Kier molecular flexibility index (Phi) is 7.31. The number of alkyl halides is 3. The monoisotopic (exact) mass is 482 g/mol. The molecule has 186 valence electrons. The molecule has 0 N–H and O–H groups in total. The predicted molar refractivity (Wildman–Crippen MR) is 119 cm³/mol. The molecule has 8 heteroatoms. The number of aryl methyl sites for hydroxylation is 2. The molecule has 1 saturated carbocycles. The Hall–Kier alpha value is -2.61. The van der Waals surface area contributed by atoms with Crippen molar-refractivity contribution in [3.63, 3.8) is 0 Å². The maximum absolute atomic E-state index is 14.6. The molecule has 4 nitrogen and oxygen atoms in total. The van der Waals surface area contributed by atoms with Crippen LogP contribution in [-0.4, -0.2) is 25.3 Å². The molecule has 3 unspecified atom stereocenters. The van der Waals surface area contributed by atoms with Gasteiger partial charge in [-0.2, -0.15) is 13.2 Å². The highest BCUT2D eigenvalue weighted by molar-refractivity contribution is 5.79. The number of carbonyl (C=O) groups excluding carboxylic acids is 1. The fraction of sp³-hybridized carbons (Fsp3) is 0.500. The number of halogens is 4. The largest absolute Gasteiger partial charge is 0.476 e. The number of ether oxygens (including phenoxy) is 3. The van der Waals surface area contributed by atoms with Crippen LogP contribution in [0.2, 0.25) is 0 Å². The molecular formula is C26H30F4O4. The first-order valence-electron chi connectivity index (χ1n) is 11.2. The Morgan fingerprint density at radius 1 is 1.12 bits per heavy atom. The van der Waals surface area contributed by atoms with Gasteiger partial charge in [-0.05, 0) is 81.7 Å². The Morgan fingerprint density at radius 3 is 2.24 bits per heavy atom. The molecule has 0 aromatic heterocycles. The SMILES string of the molecule is CCOC(=O)C(C)(C)Oc1c(C)cc(C2CC2C(OC)c2ccc(C(F)(F)F)cc2F)cc1C. The molecule has 0 radical (unpaired) electrons. The molecule has 0 bridgehead atoms. The molecule has 0 saturated heterocycles. The van der Waals surface area contributed by atoms with Crippen molar-refractivity contribution < 1.29 is 36.6 Å². The lowest BCUT2D eigenvalue weighted by atomic mass is 9.97. The molecule has 2 aromatic carbocycles. The zero-order chi connectivity index (χ0) is 25.4. The van der Waals surface area contributed by atoms with Crippen LogP contribution in [0.5, 0.6) is 5.75 Å². The van der Waals surface area contributed by atoms with Crippen molar-refractivity contribution >= 4 is 5.97 Å². The number of hydrogen-bond acceptors (Lipinski definition) is 4. The van der Waals surface area contributed by atoms with Crippen LogP contribution in [0.4, 0.5) is 17.6 Å². The molecule has 0 heterocycles. The van der Waals surface area contributed by atoms with Gasteiger partial charge in [-0.1, -0.05) is 18.2 Å². The van der Waals surface area contributed by atoms with Gasteiger partial charge in [-0.3, -0.25) is 0 Å². The summed E-state index contributed by atoms with van der Waals surface area (Å²) >= 11 is 0. The summed E-state index contributed by atoms with van der Waals surface area (Å²) in [6.45, 7) is 9.05. The Morgan fingerprint density at radius 2 is 1.74 bits per heavy atom. The van der Waals surface area contributed by atoms with Gasteiger partial charge in [0.15, 0.2) is 5.60 Å². The van der Waals surface area contributed by atoms with E-state index >= 15 is 0 Å². The predicted octanol–water partition coefficient (Wildman–Crippen LogP) is 6.67. The average Bonchev–Trinajstić information content (AvgIpc) is 3.52. The van der Waals surface area contributed by atoms with Gasteiger partial charge in [0, 0.05) is 12.7 Å². The van der Waals surface area contributed by atoms with E-state index in [9.17, 15) is 22.4 Å². The quantitative estimate of drug-likeness (QED) is 0.311. The van der Waals surface area contributed by atoms with E-state index in [2.05, 4.69) is 0 Å². The molecule has 1 aliphatic carbocycles. The highest BCUT2D eigenvalue weighted by Crippen LogP contribution is 2.56. The van der Waals surface area contributed by atoms with Gasteiger partial charge in [0.25, 0.3) is 0 Å². The first-order valence-corrected chi connectivity index (χ1v) is 11.2. The summed E-state index contributed by atoms with van der Waals surface area (Å²) in [7, 11) is 1.43. The fourth-order valence-corrected chi connectivity index (χ4v) is 4.36. The topological polar surface area (TPSA) is 44.8 Å². The molecule has 3 rings (SSSR count). The first-order chi connectivity index (χ1) is 15.8. The highest BCUT2D eigenvalue weighted by Gasteiger charge is 2.46. The molecule has 1 aliphatic rings.